The van der Waals surface area contributed by atoms with Crippen LogP contribution in [0.5, 0.6) is 0 Å². The largest absolute Gasteiger partial charge is 0.475 e. The standard InChI is InChI=1S/C12H17NO5S/c1-7-4-3-5-9(7)13-19(16,17)11-6-10(12(14)15)18-8(11)2/h6-7,9,13H,3-5H2,1-2H3,(H,14,15)/t7-,9-/m1/s1. The summed E-state index contributed by atoms with van der Waals surface area (Å²) in [4.78, 5) is 10.7. The summed E-state index contributed by atoms with van der Waals surface area (Å²) in [6.45, 7) is 3.45. The Kier molecular flexibility index (Phi) is 3.69. The van der Waals surface area contributed by atoms with E-state index in [4.69, 9.17) is 9.52 Å². The lowest BCUT2D eigenvalue weighted by Gasteiger charge is -2.16. The van der Waals surface area contributed by atoms with Crippen LogP contribution in [0, 0.1) is 12.8 Å². The van der Waals surface area contributed by atoms with Gasteiger partial charge in [0.2, 0.25) is 15.8 Å². The molecule has 1 aromatic rings. The molecule has 6 nitrogen and oxygen atoms in total. The number of nitrogens with one attached hydrogen (secondary N) is 1. The third-order valence-electron chi connectivity index (χ3n) is 3.54. The van der Waals surface area contributed by atoms with E-state index in [2.05, 4.69) is 4.72 Å². The fourth-order valence-electron chi connectivity index (χ4n) is 2.42. The normalized spacial score (nSPS) is 23.7. The van der Waals surface area contributed by atoms with E-state index in [1.807, 2.05) is 6.92 Å². The fourth-order valence-corrected chi connectivity index (χ4v) is 3.98. The average Bonchev–Trinajstić information content (AvgIpc) is 2.86. The van der Waals surface area contributed by atoms with Crippen molar-refractivity contribution in [2.45, 2.75) is 44.0 Å². The van der Waals surface area contributed by atoms with Crippen LogP contribution in [0.3, 0.4) is 0 Å². The molecule has 0 aliphatic heterocycles. The molecule has 2 atom stereocenters. The number of aryl methyl sites for hydroxylation is 1. The van der Waals surface area contributed by atoms with Gasteiger partial charge in [0.25, 0.3) is 0 Å². The zero-order chi connectivity index (χ0) is 14.2. The minimum Gasteiger partial charge on any atom is -0.475 e. The second-order valence-corrected chi connectivity index (χ2v) is 6.65. The molecule has 1 aliphatic rings. The molecular formula is C12H17NO5S. The maximum absolute atomic E-state index is 12.2. The second kappa shape index (κ2) is 4.97. The first-order chi connectivity index (χ1) is 8.81. The van der Waals surface area contributed by atoms with E-state index in [9.17, 15) is 13.2 Å². The predicted octanol–water partition coefficient (Wildman–Crippen LogP) is 1.75. The monoisotopic (exact) mass is 287 g/mol. The number of sulfonamides is 1. The van der Waals surface area contributed by atoms with Crippen molar-refractivity contribution in [1.82, 2.24) is 4.72 Å². The van der Waals surface area contributed by atoms with Crippen LogP contribution in [-0.2, 0) is 10.0 Å². The lowest BCUT2D eigenvalue weighted by molar-refractivity contribution is 0.0661. The smallest absolute Gasteiger partial charge is 0.371 e. The van der Waals surface area contributed by atoms with Crippen molar-refractivity contribution in [1.29, 1.82) is 0 Å². The first kappa shape index (κ1) is 14.1. The maximum Gasteiger partial charge on any atom is 0.371 e. The summed E-state index contributed by atoms with van der Waals surface area (Å²) in [5.74, 6) is -1.26. The van der Waals surface area contributed by atoms with Gasteiger partial charge in [0, 0.05) is 12.1 Å². The van der Waals surface area contributed by atoms with Crippen molar-refractivity contribution >= 4 is 16.0 Å². The van der Waals surface area contributed by atoms with Gasteiger partial charge in [0.15, 0.2) is 0 Å². The molecule has 1 heterocycles. The number of carboxylic acid groups (broad SMARTS) is 1. The highest BCUT2D eigenvalue weighted by Gasteiger charge is 2.31. The summed E-state index contributed by atoms with van der Waals surface area (Å²) in [7, 11) is -3.73. The Morgan fingerprint density at radius 3 is 2.63 bits per heavy atom. The molecule has 0 unspecified atom stereocenters. The van der Waals surface area contributed by atoms with E-state index in [0.29, 0.717) is 5.92 Å². The molecule has 0 amide bonds. The van der Waals surface area contributed by atoms with Gasteiger partial charge in [-0.3, -0.25) is 0 Å². The highest BCUT2D eigenvalue weighted by Crippen LogP contribution is 2.27. The van der Waals surface area contributed by atoms with Crippen LogP contribution in [0.25, 0.3) is 0 Å². The van der Waals surface area contributed by atoms with Gasteiger partial charge in [0.1, 0.15) is 10.7 Å². The van der Waals surface area contributed by atoms with E-state index in [0.717, 1.165) is 25.3 Å². The summed E-state index contributed by atoms with van der Waals surface area (Å²) in [6, 6.07) is 0.965. The van der Waals surface area contributed by atoms with Gasteiger partial charge in [-0.05, 0) is 25.7 Å². The zero-order valence-electron chi connectivity index (χ0n) is 10.8. The molecule has 0 aromatic carbocycles. The van der Waals surface area contributed by atoms with Crippen LogP contribution in [0.1, 0.15) is 42.5 Å². The highest BCUT2D eigenvalue weighted by atomic mass is 32.2. The molecule has 19 heavy (non-hydrogen) atoms. The van der Waals surface area contributed by atoms with Crippen molar-refractivity contribution in [2.24, 2.45) is 5.92 Å². The van der Waals surface area contributed by atoms with Gasteiger partial charge in [-0.25, -0.2) is 17.9 Å². The van der Waals surface area contributed by atoms with Crippen molar-refractivity contribution < 1.29 is 22.7 Å². The topological polar surface area (TPSA) is 96.6 Å². The number of carbonyl (C=O) groups is 1. The third-order valence-corrected chi connectivity index (χ3v) is 5.14. The number of aromatic carboxylic acids is 1. The molecule has 0 radical (unpaired) electrons. The van der Waals surface area contributed by atoms with E-state index in [-0.39, 0.29) is 22.5 Å². The van der Waals surface area contributed by atoms with Crippen LogP contribution in [-0.4, -0.2) is 25.5 Å². The molecule has 1 aromatic heterocycles. The molecule has 0 bridgehead atoms. The first-order valence-electron chi connectivity index (χ1n) is 6.17. The molecule has 7 heteroatoms. The Labute approximate surface area is 111 Å². The number of furan rings is 1. The molecule has 2 N–H and O–H groups in total. The van der Waals surface area contributed by atoms with Crippen molar-refractivity contribution in [2.75, 3.05) is 0 Å². The van der Waals surface area contributed by atoms with Gasteiger partial charge in [-0.15, -0.1) is 0 Å². The fraction of sp³-hybridized carbons (Fsp3) is 0.583. The van der Waals surface area contributed by atoms with Crippen molar-refractivity contribution in [3.8, 4) is 0 Å². The van der Waals surface area contributed by atoms with E-state index >= 15 is 0 Å². The highest BCUT2D eigenvalue weighted by molar-refractivity contribution is 7.89. The average molecular weight is 287 g/mol. The number of carboxylic acids is 1. The Morgan fingerprint density at radius 1 is 1.47 bits per heavy atom. The number of hydrogen-bond donors (Lipinski definition) is 2. The summed E-state index contributed by atoms with van der Waals surface area (Å²) in [6.07, 6.45) is 2.81. The van der Waals surface area contributed by atoms with Crippen LogP contribution in [0.4, 0.5) is 0 Å². The van der Waals surface area contributed by atoms with Crippen LogP contribution >= 0.6 is 0 Å². The lowest BCUT2D eigenvalue weighted by atomic mass is 10.1. The summed E-state index contributed by atoms with van der Waals surface area (Å²) < 4.78 is 32.0. The zero-order valence-corrected chi connectivity index (χ0v) is 11.7. The van der Waals surface area contributed by atoms with Gasteiger partial charge < -0.3 is 9.52 Å². The number of hydrogen-bond acceptors (Lipinski definition) is 4. The summed E-state index contributed by atoms with van der Waals surface area (Å²) in [5.41, 5.74) is 0. The molecule has 1 fully saturated rings. The predicted molar refractivity (Wildman–Crippen MR) is 67.5 cm³/mol. The number of rotatable bonds is 4. The second-order valence-electron chi connectivity index (χ2n) is 4.97. The van der Waals surface area contributed by atoms with E-state index < -0.39 is 16.0 Å². The van der Waals surface area contributed by atoms with E-state index in [1.54, 1.807) is 0 Å². The maximum atomic E-state index is 12.2. The minimum atomic E-state index is -3.73. The molecule has 106 valence electrons. The molecule has 0 spiro atoms. The Morgan fingerprint density at radius 2 is 2.16 bits per heavy atom. The van der Waals surface area contributed by atoms with E-state index in [1.165, 1.54) is 6.92 Å². The molecule has 1 aliphatic carbocycles. The molecule has 0 saturated heterocycles. The van der Waals surface area contributed by atoms with Gasteiger partial charge in [-0.2, -0.15) is 0 Å². The van der Waals surface area contributed by atoms with Gasteiger partial charge in [-0.1, -0.05) is 13.3 Å². The minimum absolute atomic E-state index is 0.0902. The Balaban J connectivity index is 2.26. The SMILES string of the molecule is Cc1oc(C(=O)O)cc1S(=O)(=O)N[C@@H]1CCC[C@H]1C. The van der Waals surface area contributed by atoms with Gasteiger partial charge in [0.05, 0.1) is 0 Å². The quantitative estimate of drug-likeness (QED) is 0.879. The third kappa shape index (κ3) is 2.82. The first-order valence-corrected chi connectivity index (χ1v) is 7.65. The Bertz CT molecular complexity index is 589. The summed E-state index contributed by atoms with van der Waals surface area (Å²) in [5, 5.41) is 8.81. The van der Waals surface area contributed by atoms with Crippen molar-refractivity contribution in [3.63, 3.8) is 0 Å². The van der Waals surface area contributed by atoms with Crippen molar-refractivity contribution in [3.05, 3.63) is 17.6 Å². The molecule has 2 rings (SSSR count). The summed E-state index contributed by atoms with van der Waals surface area (Å²) >= 11 is 0. The lowest BCUT2D eigenvalue weighted by Crippen LogP contribution is -2.36. The van der Waals surface area contributed by atoms with Gasteiger partial charge >= 0.3 is 5.97 Å². The molecule has 1 saturated carbocycles. The Hall–Kier alpha value is -1.34. The van der Waals surface area contributed by atoms with Crippen LogP contribution in [0.15, 0.2) is 15.4 Å². The van der Waals surface area contributed by atoms with Crippen LogP contribution < -0.4 is 4.72 Å². The molecular weight excluding hydrogens is 270 g/mol. The van der Waals surface area contributed by atoms with Crippen LogP contribution in [0.2, 0.25) is 0 Å².